The highest BCUT2D eigenvalue weighted by atomic mass is 35.5. The van der Waals surface area contributed by atoms with Gasteiger partial charge in [-0.05, 0) is 73.9 Å². The number of nitrogens with zero attached hydrogens (tertiary/aromatic N) is 2. The molecule has 2 aromatic carbocycles. The lowest BCUT2D eigenvalue weighted by atomic mass is 9.83. The second-order valence-corrected chi connectivity index (χ2v) is 8.68. The molecule has 0 atom stereocenters. The van der Waals surface area contributed by atoms with E-state index in [0.29, 0.717) is 22.0 Å². The molecule has 0 aliphatic heterocycles. The molecule has 1 aromatic heterocycles. The van der Waals surface area contributed by atoms with E-state index in [4.69, 9.17) is 27.9 Å². The van der Waals surface area contributed by atoms with Crippen molar-refractivity contribution in [3.63, 3.8) is 0 Å². The number of aromatic nitrogens is 1. The zero-order chi connectivity index (χ0) is 22.9. The molecule has 4 nitrogen and oxygen atoms in total. The van der Waals surface area contributed by atoms with Gasteiger partial charge in [-0.1, -0.05) is 29.3 Å². The van der Waals surface area contributed by atoms with Crippen molar-refractivity contribution < 1.29 is 13.9 Å². The van der Waals surface area contributed by atoms with E-state index in [2.05, 4.69) is 4.98 Å². The van der Waals surface area contributed by atoms with Gasteiger partial charge < -0.3 is 9.64 Å². The highest BCUT2D eigenvalue weighted by Crippen LogP contribution is 2.37. The van der Waals surface area contributed by atoms with E-state index in [1.165, 1.54) is 17.0 Å². The van der Waals surface area contributed by atoms with Crippen molar-refractivity contribution in [1.29, 1.82) is 0 Å². The first kappa shape index (κ1) is 23.0. The van der Waals surface area contributed by atoms with E-state index in [1.807, 2.05) is 13.8 Å². The summed E-state index contributed by atoms with van der Waals surface area (Å²) >= 11 is 12.4. The third kappa shape index (κ3) is 4.68. The van der Waals surface area contributed by atoms with E-state index in [0.717, 1.165) is 16.7 Å². The van der Waals surface area contributed by atoms with Crippen molar-refractivity contribution >= 4 is 34.8 Å². The second-order valence-electron chi connectivity index (χ2n) is 7.85. The Balaban J connectivity index is 2.08. The maximum Gasteiger partial charge on any atom is 0.236 e. The third-order valence-electron chi connectivity index (χ3n) is 5.36. The van der Waals surface area contributed by atoms with Crippen LogP contribution in [-0.4, -0.2) is 25.0 Å². The van der Waals surface area contributed by atoms with Crippen LogP contribution in [0.3, 0.4) is 0 Å². The largest absolute Gasteiger partial charge is 0.497 e. The molecule has 0 saturated heterocycles. The second kappa shape index (κ2) is 8.85. The molecular formula is C24H23Cl2FN2O2. The minimum atomic E-state index is -0.915. The molecule has 0 N–H and O–H groups in total. The Hall–Kier alpha value is -2.63. The minimum absolute atomic E-state index is 0.179. The normalized spacial score (nSPS) is 11.4. The number of aryl methyl sites for hydroxylation is 1. The fourth-order valence-corrected chi connectivity index (χ4v) is 3.91. The number of rotatable bonds is 5. The summed E-state index contributed by atoms with van der Waals surface area (Å²) in [6.45, 7) is 5.45. The molecule has 0 saturated carbocycles. The highest BCUT2D eigenvalue weighted by Gasteiger charge is 2.34. The summed E-state index contributed by atoms with van der Waals surface area (Å²) < 4.78 is 18.9. The lowest BCUT2D eigenvalue weighted by Crippen LogP contribution is -2.41. The number of carbonyl (C=O) groups excluding carboxylic acids is 1. The van der Waals surface area contributed by atoms with Crippen molar-refractivity contribution in [2.24, 2.45) is 0 Å². The van der Waals surface area contributed by atoms with Gasteiger partial charge in [-0.15, -0.1) is 0 Å². The average Bonchev–Trinajstić information content (AvgIpc) is 2.72. The summed E-state index contributed by atoms with van der Waals surface area (Å²) in [5, 5.41) is 0.760. The topological polar surface area (TPSA) is 42.4 Å². The standard InChI is InChI=1S/C24H23Cl2FN2O2/c1-14-8-17(27)6-7-19(14)20-12-22(26)28-13-21(20)29(4)23(30)24(2,3)15-9-16(25)11-18(10-15)31-5/h6-13H,1-5H3. The smallest absolute Gasteiger partial charge is 0.236 e. The van der Waals surface area contributed by atoms with E-state index >= 15 is 0 Å². The van der Waals surface area contributed by atoms with Gasteiger partial charge in [-0.2, -0.15) is 0 Å². The molecule has 0 unspecified atom stereocenters. The fraction of sp³-hybridized carbons (Fsp3) is 0.250. The van der Waals surface area contributed by atoms with Crippen LogP contribution in [0.1, 0.15) is 25.0 Å². The van der Waals surface area contributed by atoms with Crippen molar-refractivity contribution in [1.82, 2.24) is 4.98 Å². The Bertz CT molecular complexity index is 1150. The summed E-state index contributed by atoms with van der Waals surface area (Å²) in [5.41, 5.74) is 2.54. The monoisotopic (exact) mass is 460 g/mol. The number of pyridine rings is 1. The zero-order valence-electron chi connectivity index (χ0n) is 18.0. The molecule has 0 fully saturated rings. The van der Waals surface area contributed by atoms with Crippen molar-refractivity contribution in [3.8, 4) is 16.9 Å². The maximum atomic E-state index is 13.6. The lowest BCUT2D eigenvalue weighted by molar-refractivity contribution is -0.122. The number of ether oxygens (including phenoxy) is 1. The number of halogens is 3. The van der Waals surface area contributed by atoms with Crippen LogP contribution in [0.4, 0.5) is 10.1 Å². The number of amides is 1. The molecule has 3 aromatic rings. The molecule has 1 amide bonds. The number of hydrogen-bond donors (Lipinski definition) is 0. The summed E-state index contributed by atoms with van der Waals surface area (Å²) in [4.78, 5) is 19.3. The summed E-state index contributed by atoms with van der Waals surface area (Å²) in [6, 6.07) is 11.4. The molecule has 31 heavy (non-hydrogen) atoms. The van der Waals surface area contributed by atoms with Gasteiger partial charge >= 0.3 is 0 Å². The zero-order valence-corrected chi connectivity index (χ0v) is 19.5. The van der Waals surface area contributed by atoms with Crippen molar-refractivity contribution in [2.45, 2.75) is 26.2 Å². The molecule has 162 valence electrons. The van der Waals surface area contributed by atoms with Gasteiger partial charge in [0.1, 0.15) is 16.7 Å². The molecule has 3 rings (SSSR count). The van der Waals surface area contributed by atoms with Crippen LogP contribution in [0.25, 0.3) is 11.1 Å². The molecule has 1 heterocycles. The Kier molecular flexibility index (Phi) is 6.58. The first-order valence-electron chi connectivity index (χ1n) is 9.60. The predicted octanol–water partition coefficient (Wildman–Crippen LogP) is 6.45. The van der Waals surface area contributed by atoms with Gasteiger partial charge in [0.05, 0.1) is 24.4 Å². The van der Waals surface area contributed by atoms with Crippen molar-refractivity contribution in [2.75, 3.05) is 19.1 Å². The van der Waals surface area contributed by atoms with E-state index < -0.39 is 5.41 Å². The molecule has 7 heteroatoms. The van der Waals surface area contributed by atoms with Crippen LogP contribution in [0, 0.1) is 12.7 Å². The quantitative estimate of drug-likeness (QED) is 0.410. The lowest BCUT2D eigenvalue weighted by Gasteiger charge is -2.31. The van der Waals surface area contributed by atoms with E-state index in [1.54, 1.807) is 57.6 Å². The maximum absolute atomic E-state index is 13.6. The number of benzene rings is 2. The molecule has 0 aliphatic rings. The Labute approximate surface area is 191 Å². The Morgan fingerprint density at radius 2 is 1.81 bits per heavy atom. The van der Waals surface area contributed by atoms with Crippen molar-refractivity contribution in [3.05, 3.63) is 75.8 Å². The minimum Gasteiger partial charge on any atom is -0.497 e. The summed E-state index contributed by atoms with van der Waals surface area (Å²) in [7, 11) is 3.23. The molecule has 0 aliphatic carbocycles. The number of anilines is 1. The van der Waals surface area contributed by atoms with Gasteiger partial charge in [-0.3, -0.25) is 4.79 Å². The number of likely N-dealkylation sites (N-methyl/N-ethyl adjacent to an activating group) is 1. The first-order chi connectivity index (χ1) is 14.5. The van der Waals surface area contributed by atoms with Crippen LogP contribution >= 0.6 is 23.2 Å². The van der Waals surface area contributed by atoms with E-state index in [-0.39, 0.29) is 16.9 Å². The van der Waals surface area contributed by atoms with Gasteiger partial charge in [0.15, 0.2) is 0 Å². The average molecular weight is 461 g/mol. The van der Waals surface area contributed by atoms with Crippen LogP contribution < -0.4 is 9.64 Å². The highest BCUT2D eigenvalue weighted by molar-refractivity contribution is 6.31. The molecule has 0 radical (unpaired) electrons. The van der Waals surface area contributed by atoms with Gasteiger partial charge in [-0.25, -0.2) is 9.37 Å². The third-order valence-corrected chi connectivity index (χ3v) is 5.78. The SMILES string of the molecule is COc1cc(Cl)cc(C(C)(C)C(=O)N(C)c2cnc(Cl)cc2-c2ccc(F)cc2C)c1. The fourth-order valence-electron chi connectivity index (χ4n) is 3.53. The number of hydrogen-bond acceptors (Lipinski definition) is 3. The van der Waals surface area contributed by atoms with E-state index in [9.17, 15) is 9.18 Å². The van der Waals surface area contributed by atoms with Crippen LogP contribution in [0.15, 0.2) is 48.7 Å². The van der Waals surface area contributed by atoms with Gasteiger partial charge in [0.25, 0.3) is 0 Å². The van der Waals surface area contributed by atoms with Gasteiger partial charge in [0, 0.05) is 17.6 Å². The Morgan fingerprint density at radius 3 is 2.45 bits per heavy atom. The van der Waals surface area contributed by atoms with Gasteiger partial charge in [0.2, 0.25) is 5.91 Å². The summed E-state index contributed by atoms with van der Waals surface area (Å²) in [6.07, 6.45) is 1.55. The molecule has 0 bridgehead atoms. The Morgan fingerprint density at radius 1 is 1.10 bits per heavy atom. The summed E-state index contributed by atoms with van der Waals surface area (Å²) in [5.74, 6) is 0.0622. The van der Waals surface area contributed by atoms with Crippen LogP contribution in [0.5, 0.6) is 5.75 Å². The predicted molar refractivity (Wildman–Crippen MR) is 124 cm³/mol. The number of carbonyl (C=O) groups is 1. The molecule has 0 spiro atoms. The van der Waals surface area contributed by atoms with Crippen LogP contribution in [-0.2, 0) is 10.2 Å². The molecular weight excluding hydrogens is 438 g/mol. The number of methoxy groups -OCH3 is 1. The van der Waals surface area contributed by atoms with Crippen LogP contribution in [0.2, 0.25) is 10.2 Å². The first-order valence-corrected chi connectivity index (χ1v) is 10.4.